The highest BCUT2D eigenvalue weighted by molar-refractivity contribution is 5.86. The Hall–Kier alpha value is -2.50. The van der Waals surface area contributed by atoms with Crippen molar-refractivity contribution in [2.75, 3.05) is 11.9 Å². The molecule has 1 fully saturated rings. The Balaban J connectivity index is 1.81. The van der Waals surface area contributed by atoms with Crippen LogP contribution in [0.4, 0.5) is 14.5 Å². The molecule has 0 bridgehead atoms. The molecule has 1 N–H and O–H groups in total. The molecule has 2 aromatic rings. The van der Waals surface area contributed by atoms with Crippen LogP contribution in [-0.2, 0) is 10.2 Å². The highest BCUT2D eigenvalue weighted by Gasteiger charge is 2.36. The SMILES string of the molecule is CN(c1ccc(C(C)(C)C)cc1)C(C(=O)NC1CCC(F)(F)CC1)c1cccnc1. The van der Waals surface area contributed by atoms with Gasteiger partial charge in [-0.3, -0.25) is 9.78 Å². The number of anilines is 1. The van der Waals surface area contributed by atoms with E-state index in [1.165, 1.54) is 5.56 Å². The molecule has 1 unspecified atom stereocenters. The molecule has 1 amide bonds. The molecule has 162 valence electrons. The highest BCUT2D eigenvalue weighted by atomic mass is 19.3. The zero-order chi connectivity index (χ0) is 21.9. The molecule has 1 atom stereocenters. The number of halogens is 2. The van der Waals surface area contributed by atoms with E-state index in [0.29, 0.717) is 12.8 Å². The number of aromatic nitrogens is 1. The van der Waals surface area contributed by atoms with Crippen molar-refractivity contribution in [1.82, 2.24) is 10.3 Å². The second-order valence-corrected chi connectivity index (χ2v) is 9.24. The number of hydrogen-bond donors (Lipinski definition) is 1. The summed E-state index contributed by atoms with van der Waals surface area (Å²) in [6.07, 6.45) is 3.57. The van der Waals surface area contributed by atoms with Crippen LogP contribution >= 0.6 is 0 Å². The van der Waals surface area contributed by atoms with Crippen molar-refractivity contribution >= 4 is 11.6 Å². The van der Waals surface area contributed by atoms with Gasteiger partial charge in [0, 0.05) is 49.6 Å². The smallest absolute Gasteiger partial charge is 0.248 e. The van der Waals surface area contributed by atoms with Gasteiger partial charge in [0.25, 0.3) is 0 Å². The number of hydrogen-bond acceptors (Lipinski definition) is 3. The van der Waals surface area contributed by atoms with Gasteiger partial charge >= 0.3 is 0 Å². The first-order valence-electron chi connectivity index (χ1n) is 10.5. The summed E-state index contributed by atoms with van der Waals surface area (Å²) in [7, 11) is 1.87. The third kappa shape index (κ3) is 5.35. The van der Waals surface area contributed by atoms with Crippen LogP contribution in [0.3, 0.4) is 0 Å². The first-order chi connectivity index (χ1) is 14.1. The number of pyridine rings is 1. The van der Waals surface area contributed by atoms with Gasteiger partial charge in [-0.15, -0.1) is 0 Å². The second kappa shape index (κ2) is 8.70. The van der Waals surface area contributed by atoms with E-state index >= 15 is 0 Å². The van der Waals surface area contributed by atoms with Crippen molar-refractivity contribution in [3.63, 3.8) is 0 Å². The molecule has 1 aromatic heterocycles. The molecular weight excluding hydrogens is 384 g/mol. The quantitative estimate of drug-likeness (QED) is 0.725. The highest BCUT2D eigenvalue weighted by Crippen LogP contribution is 2.34. The third-order valence-corrected chi connectivity index (χ3v) is 5.84. The average Bonchev–Trinajstić information content (AvgIpc) is 2.70. The van der Waals surface area contributed by atoms with Crippen LogP contribution in [-0.4, -0.2) is 29.9 Å². The molecule has 0 radical (unpaired) electrons. The Bertz CT molecular complexity index is 837. The van der Waals surface area contributed by atoms with Crippen LogP contribution in [0.2, 0.25) is 0 Å². The molecule has 4 nitrogen and oxygen atoms in total. The molecule has 1 heterocycles. The van der Waals surface area contributed by atoms with Gasteiger partial charge in [0.2, 0.25) is 11.8 Å². The molecule has 1 aromatic carbocycles. The summed E-state index contributed by atoms with van der Waals surface area (Å²) >= 11 is 0. The number of amides is 1. The van der Waals surface area contributed by atoms with E-state index in [0.717, 1.165) is 11.3 Å². The van der Waals surface area contributed by atoms with Crippen molar-refractivity contribution < 1.29 is 13.6 Å². The lowest BCUT2D eigenvalue weighted by atomic mass is 9.87. The minimum Gasteiger partial charge on any atom is -0.359 e. The Labute approximate surface area is 177 Å². The van der Waals surface area contributed by atoms with Gasteiger partial charge in [-0.25, -0.2) is 8.78 Å². The average molecular weight is 416 g/mol. The number of nitrogens with one attached hydrogen (secondary N) is 1. The molecule has 0 saturated heterocycles. The summed E-state index contributed by atoms with van der Waals surface area (Å²) in [6.45, 7) is 6.47. The Morgan fingerprint density at radius 1 is 1.17 bits per heavy atom. The van der Waals surface area contributed by atoms with Gasteiger partial charge in [0.1, 0.15) is 6.04 Å². The van der Waals surface area contributed by atoms with E-state index in [9.17, 15) is 13.6 Å². The number of alkyl halides is 2. The number of likely N-dealkylation sites (N-methyl/N-ethyl adjacent to an activating group) is 1. The molecule has 6 heteroatoms. The fourth-order valence-corrected chi connectivity index (χ4v) is 3.90. The fraction of sp³-hybridized carbons (Fsp3) is 0.500. The van der Waals surface area contributed by atoms with Crippen LogP contribution in [0.15, 0.2) is 48.8 Å². The molecule has 30 heavy (non-hydrogen) atoms. The summed E-state index contributed by atoms with van der Waals surface area (Å²) in [6, 6.07) is 11.0. The van der Waals surface area contributed by atoms with Crippen molar-refractivity contribution in [2.24, 2.45) is 0 Å². The molecule has 0 spiro atoms. The summed E-state index contributed by atoms with van der Waals surface area (Å²) in [5.74, 6) is -2.81. The van der Waals surface area contributed by atoms with E-state index in [-0.39, 0.29) is 30.2 Å². The third-order valence-electron chi connectivity index (χ3n) is 5.84. The fourth-order valence-electron chi connectivity index (χ4n) is 3.90. The van der Waals surface area contributed by atoms with Crippen LogP contribution in [0.1, 0.15) is 63.6 Å². The van der Waals surface area contributed by atoms with Crippen molar-refractivity contribution in [1.29, 1.82) is 0 Å². The summed E-state index contributed by atoms with van der Waals surface area (Å²) in [5, 5.41) is 3.00. The van der Waals surface area contributed by atoms with Crippen molar-refractivity contribution in [3.05, 3.63) is 59.9 Å². The van der Waals surface area contributed by atoms with Crippen molar-refractivity contribution in [3.8, 4) is 0 Å². The lowest BCUT2D eigenvalue weighted by molar-refractivity contribution is -0.124. The Morgan fingerprint density at radius 2 is 1.80 bits per heavy atom. The molecular formula is C24H31F2N3O. The first kappa shape index (κ1) is 22.2. The van der Waals surface area contributed by atoms with Crippen LogP contribution in [0, 0.1) is 0 Å². The molecule has 1 aliphatic carbocycles. The number of carbonyl (C=O) groups is 1. The largest absolute Gasteiger partial charge is 0.359 e. The van der Waals surface area contributed by atoms with Gasteiger partial charge in [-0.2, -0.15) is 0 Å². The van der Waals surface area contributed by atoms with Crippen LogP contribution in [0.25, 0.3) is 0 Å². The number of rotatable bonds is 5. The second-order valence-electron chi connectivity index (χ2n) is 9.24. The van der Waals surface area contributed by atoms with Crippen LogP contribution < -0.4 is 10.2 Å². The van der Waals surface area contributed by atoms with Gasteiger partial charge in [0.05, 0.1) is 0 Å². The Morgan fingerprint density at radius 3 is 2.33 bits per heavy atom. The monoisotopic (exact) mass is 415 g/mol. The van der Waals surface area contributed by atoms with E-state index in [1.807, 2.05) is 30.1 Å². The summed E-state index contributed by atoms with van der Waals surface area (Å²) < 4.78 is 27.0. The zero-order valence-electron chi connectivity index (χ0n) is 18.2. The van der Waals surface area contributed by atoms with E-state index < -0.39 is 12.0 Å². The lowest BCUT2D eigenvalue weighted by Crippen LogP contribution is -2.46. The summed E-state index contributed by atoms with van der Waals surface area (Å²) in [4.78, 5) is 19.3. The number of carbonyl (C=O) groups excluding carboxylic acids is 1. The van der Waals surface area contributed by atoms with Crippen LogP contribution in [0.5, 0.6) is 0 Å². The first-order valence-corrected chi connectivity index (χ1v) is 10.5. The van der Waals surface area contributed by atoms with Gasteiger partial charge in [0.15, 0.2) is 0 Å². The van der Waals surface area contributed by atoms with E-state index in [2.05, 4.69) is 43.2 Å². The maximum absolute atomic E-state index is 13.5. The maximum atomic E-state index is 13.5. The zero-order valence-corrected chi connectivity index (χ0v) is 18.2. The van der Waals surface area contributed by atoms with E-state index in [4.69, 9.17) is 0 Å². The molecule has 1 aliphatic rings. The Kier molecular flexibility index (Phi) is 6.44. The molecule has 3 rings (SSSR count). The molecule has 0 aliphatic heterocycles. The predicted molar refractivity (Wildman–Crippen MR) is 116 cm³/mol. The normalized spacial score (nSPS) is 17.9. The maximum Gasteiger partial charge on any atom is 0.248 e. The number of nitrogens with zero attached hydrogens (tertiary/aromatic N) is 2. The number of benzene rings is 1. The van der Waals surface area contributed by atoms with Crippen molar-refractivity contribution in [2.45, 2.75) is 69.9 Å². The minimum atomic E-state index is -2.62. The van der Waals surface area contributed by atoms with Gasteiger partial charge in [-0.05, 0) is 42.0 Å². The molecule has 1 saturated carbocycles. The predicted octanol–water partition coefficient (Wildman–Crippen LogP) is 5.25. The minimum absolute atomic E-state index is 0.0419. The van der Waals surface area contributed by atoms with Gasteiger partial charge in [-0.1, -0.05) is 39.0 Å². The topological polar surface area (TPSA) is 45.2 Å². The van der Waals surface area contributed by atoms with E-state index in [1.54, 1.807) is 18.5 Å². The van der Waals surface area contributed by atoms with Gasteiger partial charge < -0.3 is 10.2 Å². The standard InChI is InChI=1S/C24H31F2N3O/c1-23(2,3)18-7-9-20(10-8-18)29(4)21(17-6-5-15-27-16-17)22(30)28-19-11-13-24(25,26)14-12-19/h5-10,15-16,19,21H,11-14H2,1-4H3,(H,28,30). The summed E-state index contributed by atoms with van der Waals surface area (Å²) in [5.41, 5.74) is 2.92. The lowest BCUT2D eigenvalue weighted by Gasteiger charge is -2.33.